The van der Waals surface area contributed by atoms with Crippen LogP contribution in [0.3, 0.4) is 0 Å². The molecule has 6 nitrogen and oxygen atoms in total. The van der Waals surface area contributed by atoms with Gasteiger partial charge in [-0.05, 0) is 88.3 Å². The summed E-state index contributed by atoms with van der Waals surface area (Å²) < 4.78 is 19.9. The smallest absolute Gasteiger partial charge is 0.197 e. The van der Waals surface area contributed by atoms with Crippen LogP contribution < -0.4 is 9.64 Å². The minimum atomic E-state index is -0.224. The Kier molecular flexibility index (Phi) is 7.35. The van der Waals surface area contributed by atoms with Gasteiger partial charge in [0.05, 0.1) is 13.1 Å². The molecule has 0 saturated carbocycles. The first kappa shape index (κ1) is 25.5. The maximum absolute atomic E-state index is 13.7. The second-order valence-corrected chi connectivity index (χ2v) is 9.99. The maximum Gasteiger partial charge on any atom is 0.197 e. The van der Waals surface area contributed by atoms with Gasteiger partial charge in [0.15, 0.2) is 5.82 Å². The molecule has 40 heavy (non-hydrogen) atoms. The molecule has 5 aromatic rings. The van der Waals surface area contributed by atoms with Gasteiger partial charge in [-0.15, -0.1) is 10.2 Å². The van der Waals surface area contributed by atoms with Crippen molar-refractivity contribution in [3.05, 3.63) is 137 Å². The van der Waals surface area contributed by atoms with Crippen LogP contribution in [0.15, 0.2) is 97.1 Å². The van der Waals surface area contributed by atoms with E-state index in [2.05, 4.69) is 74.9 Å². The van der Waals surface area contributed by atoms with Gasteiger partial charge in [-0.25, -0.2) is 4.39 Å². The van der Waals surface area contributed by atoms with E-state index in [1.807, 2.05) is 42.5 Å². The molecular weight excluding hydrogens is 501 g/mol. The summed E-state index contributed by atoms with van der Waals surface area (Å²) in [5.74, 6) is 1.23. The van der Waals surface area contributed by atoms with Gasteiger partial charge < -0.3 is 9.64 Å². The van der Waals surface area contributed by atoms with Crippen LogP contribution in [0.25, 0.3) is 12.2 Å². The van der Waals surface area contributed by atoms with Gasteiger partial charge in [-0.2, -0.15) is 4.80 Å². The number of fused-ring (bicyclic) bond motifs is 1. The summed E-state index contributed by atoms with van der Waals surface area (Å²) in [5.41, 5.74) is 7.04. The average Bonchev–Trinajstić information content (AvgIpc) is 3.41. The van der Waals surface area contributed by atoms with Crippen molar-refractivity contribution in [2.75, 3.05) is 11.4 Å². The van der Waals surface area contributed by atoms with Gasteiger partial charge in [0.2, 0.25) is 0 Å². The number of hydrogen-bond acceptors (Lipinski definition) is 5. The van der Waals surface area contributed by atoms with E-state index in [4.69, 9.17) is 4.74 Å². The fraction of sp³-hybridized carbons (Fsp3) is 0.182. The SMILES string of the molecule is Cn1nnc(/C=C/c2ccc(CC3c4ccc(OCc5ccccc5)cc4CCN3c3ccc(F)cc3)cc2)n1. The highest BCUT2D eigenvalue weighted by molar-refractivity contribution is 5.66. The van der Waals surface area contributed by atoms with Crippen LogP contribution in [0.4, 0.5) is 10.1 Å². The fourth-order valence-electron chi connectivity index (χ4n) is 5.21. The Bertz CT molecular complexity index is 1600. The number of hydrogen-bond donors (Lipinski definition) is 0. The zero-order chi connectivity index (χ0) is 27.3. The number of halogens is 1. The Morgan fingerprint density at radius 1 is 0.900 bits per heavy atom. The largest absolute Gasteiger partial charge is 0.489 e. The number of anilines is 1. The summed E-state index contributed by atoms with van der Waals surface area (Å²) in [7, 11) is 1.75. The standard InChI is InChI=1S/C33H30FN5O/c1-38-36-33(35-37-38)18-11-24-7-9-25(10-8-24)21-32-31-17-16-30(40-23-26-5-3-2-4-6-26)22-27(31)19-20-39(32)29-14-12-28(34)13-15-29/h2-18,22,32H,19-21,23H2,1H3/b18-11+. The molecule has 0 radical (unpaired) electrons. The van der Waals surface area contributed by atoms with E-state index < -0.39 is 0 Å². The van der Waals surface area contributed by atoms with Gasteiger partial charge in [-0.3, -0.25) is 0 Å². The first-order valence-electron chi connectivity index (χ1n) is 13.4. The Labute approximate surface area is 233 Å². The molecule has 7 heteroatoms. The second-order valence-electron chi connectivity index (χ2n) is 9.99. The Balaban J connectivity index is 1.24. The topological polar surface area (TPSA) is 56.1 Å². The highest BCUT2D eigenvalue weighted by atomic mass is 19.1. The molecule has 200 valence electrons. The number of tetrazole rings is 1. The van der Waals surface area contributed by atoms with Crippen LogP contribution in [0, 0.1) is 5.82 Å². The lowest BCUT2D eigenvalue weighted by Crippen LogP contribution is -2.36. The lowest BCUT2D eigenvalue weighted by Gasteiger charge is -2.39. The van der Waals surface area contributed by atoms with Crippen molar-refractivity contribution in [3.8, 4) is 5.75 Å². The number of ether oxygens (including phenoxy) is 1. The van der Waals surface area contributed by atoms with Crippen LogP contribution >= 0.6 is 0 Å². The number of benzene rings is 4. The van der Waals surface area contributed by atoms with E-state index in [1.54, 1.807) is 7.05 Å². The molecule has 6 rings (SSSR count). The third-order valence-corrected chi connectivity index (χ3v) is 7.24. The quantitative estimate of drug-likeness (QED) is 0.231. The monoisotopic (exact) mass is 531 g/mol. The molecule has 0 saturated heterocycles. The zero-order valence-electron chi connectivity index (χ0n) is 22.3. The van der Waals surface area contributed by atoms with Crippen LogP contribution in [0.1, 0.15) is 39.7 Å². The Hall–Kier alpha value is -4.78. The summed E-state index contributed by atoms with van der Waals surface area (Å²) in [6, 6.07) is 32.1. The fourth-order valence-corrected chi connectivity index (χ4v) is 5.21. The Morgan fingerprint density at radius 3 is 2.45 bits per heavy atom. The molecule has 1 atom stereocenters. The molecule has 0 amide bonds. The Morgan fingerprint density at radius 2 is 1.70 bits per heavy atom. The first-order valence-corrected chi connectivity index (χ1v) is 13.4. The molecule has 1 aliphatic heterocycles. The van der Waals surface area contributed by atoms with Crippen molar-refractivity contribution in [1.82, 2.24) is 20.2 Å². The first-order chi connectivity index (χ1) is 19.6. The van der Waals surface area contributed by atoms with Crippen molar-refractivity contribution in [2.24, 2.45) is 7.05 Å². The summed E-state index contributed by atoms with van der Waals surface area (Å²) in [5, 5.41) is 12.1. The second kappa shape index (κ2) is 11.5. The number of nitrogens with zero attached hydrogens (tertiary/aromatic N) is 5. The predicted molar refractivity (Wildman–Crippen MR) is 155 cm³/mol. The average molecular weight is 532 g/mol. The molecular formula is C33H30FN5O. The minimum absolute atomic E-state index is 0.113. The molecule has 1 aliphatic rings. The zero-order valence-corrected chi connectivity index (χ0v) is 22.3. The van der Waals surface area contributed by atoms with E-state index in [0.717, 1.165) is 42.0 Å². The molecule has 0 aliphatic carbocycles. The molecule has 0 bridgehead atoms. The van der Waals surface area contributed by atoms with E-state index in [1.165, 1.54) is 33.6 Å². The van der Waals surface area contributed by atoms with Gasteiger partial charge in [0.25, 0.3) is 0 Å². The molecule has 1 unspecified atom stereocenters. The van der Waals surface area contributed by atoms with Gasteiger partial charge >= 0.3 is 0 Å². The van der Waals surface area contributed by atoms with Gasteiger partial charge in [0, 0.05) is 12.2 Å². The van der Waals surface area contributed by atoms with Crippen molar-refractivity contribution < 1.29 is 9.13 Å². The highest BCUT2D eigenvalue weighted by Gasteiger charge is 2.28. The van der Waals surface area contributed by atoms with Crippen LogP contribution in [-0.4, -0.2) is 26.8 Å². The van der Waals surface area contributed by atoms with Crippen LogP contribution in [0.5, 0.6) is 5.75 Å². The molecule has 1 aromatic heterocycles. The number of aromatic nitrogens is 4. The summed E-state index contributed by atoms with van der Waals surface area (Å²) in [4.78, 5) is 3.83. The van der Waals surface area contributed by atoms with E-state index in [-0.39, 0.29) is 11.9 Å². The predicted octanol–water partition coefficient (Wildman–Crippen LogP) is 6.45. The minimum Gasteiger partial charge on any atom is -0.489 e. The normalized spacial score (nSPS) is 14.8. The summed E-state index contributed by atoms with van der Waals surface area (Å²) in [6.07, 6.45) is 5.56. The van der Waals surface area contributed by atoms with Crippen molar-refractivity contribution in [3.63, 3.8) is 0 Å². The summed E-state index contributed by atoms with van der Waals surface area (Å²) >= 11 is 0. The number of aryl methyl sites for hydroxylation is 1. The van der Waals surface area contributed by atoms with Gasteiger partial charge in [-0.1, -0.05) is 66.7 Å². The van der Waals surface area contributed by atoms with Crippen molar-refractivity contribution in [2.45, 2.75) is 25.5 Å². The number of rotatable bonds is 8. The maximum atomic E-state index is 13.7. The third-order valence-electron chi connectivity index (χ3n) is 7.24. The molecule has 4 aromatic carbocycles. The van der Waals surface area contributed by atoms with Crippen molar-refractivity contribution >= 4 is 17.8 Å². The highest BCUT2D eigenvalue weighted by Crippen LogP contribution is 2.37. The molecule has 0 spiro atoms. The molecule has 0 fully saturated rings. The van der Waals surface area contributed by atoms with Crippen LogP contribution in [-0.2, 0) is 26.5 Å². The third kappa shape index (κ3) is 5.94. The van der Waals surface area contributed by atoms with E-state index >= 15 is 0 Å². The van der Waals surface area contributed by atoms with E-state index in [9.17, 15) is 4.39 Å². The summed E-state index contributed by atoms with van der Waals surface area (Å²) in [6.45, 7) is 1.38. The molecule has 0 N–H and O–H groups in total. The van der Waals surface area contributed by atoms with Gasteiger partial charge in [0.1, 0.15) is 18.2 Å². The van der Waals surface area contributed by atoms with Crippen LogP contribution in [0.2, 0.25) is 0 Å². The molecule has 2 heterocycles. The lowest BCUT2D eigenvalue weighted by atomic mass is 9.88. The van der Waals surface area contributed by atoms with E-state index in [0.29, 0.717) is 12.4 Å². The lowest BCUT2D eigenvalue weighted by molar-refractivity contribution is 0.305. The van der Waals surface area contributed by atoms with Crippen molar-refractivity contribution in [1.29, 1.82) is 0 Å².